The Bertz CT molecular complexity index is 798. The Morgan fingerprint density at radius 2 is 1.81 bits per heavy atom. The summed E-state index contributed by atoms with van der Waals surface area (Å²) in [5.74, 6) is 3.26. The number of hydrogen-bond acceptors (Lipinski definition) is 3. The third-order valence-electron chi connectivity index (χ3n) is 10.9. The number of nitrogens with zero attached hydrogens (tertiary/aromatic N) is 1. The molecule has 1 aliphatic heterocycles. The maximum Gasteiger partial charge on any atom is 0.302 e. The third-order valence-corrected chi connectivity index (χ3v) is 10.9. The van der Waals surface area contributed by atoms with E-state index in [0.717, 1.165) is 50.1 Å². The molecule has 4 aliphatic carbocycles. The molecule has 4 fully saturated rings. The van der Waals surface area contributed by atoms with E-state index in [1.807, 2.05) is 0 Å². The Kier molecular flexibility index (Phi) is 5.73. The van der Waals surface area contributed by atoms with Crippen molar-refractivity contribution < 1.29 is 14.3 Å². The first kappa shape index (κ1) is 22.5. The average Bonchev–Trinajstić information content (AvgIpc) is 3.40. The fraction of sp³-hybridized carbons (Fsp3) is 0.857. The van der Waals surface area contributed by atoms with E-state index in [1.165, 1.54) is 51.9 Å². The van der Waals surface area contributed by atoms with E-state index in [1.54, 1.807) is 5.57 Å². The number of fused-ring (bicyclic) bond motifs is 5. The molecule has 0 aromatic rings. The highest BCUT2D eigenvalue weighted by atomic mass is 16.5. The molecule has 32 heavy (non-hydrogen) atoms. The second-order valence-electron chi connectivity index (χ2n) is 12.3. The summed E-state index contributed by atoms with van der Waals surface area (Å²) in [7, 11) is 0. The van der Waals surface area contributed by atoms with Crippen LogP contribution in [0.4, 0.5) is 0 Å². The van der Waals surface area contributed by atoms with Crippen molar-refractivity contribution in [3.63, 3.8) is 0 Å². The lowest BCUT2D eigenvalue weighted by molar-refractivity contribution is -0.148. The van der Waals surface area contributed by atoms with Gasteiger partial charge in [-0.25, -0.2) is 0 Å². The highest BCUT2D eigenvalue weighted by Gasteiger charge is 2.60. The minimum Gasteiger partial charge on any atom is -0.462 e. The summed E-state index contributed by atoms with van der Waals surface area (Å²) in [6.45, 7) is 10.8. The highest BCUT2D eigenvalue weighted by molar-refractivity contribution is 5.79. The summed E-state index contributed by atoms with van der Waals surface area (Å²) >= 11 is 0. The van der Waals surface area contributed by atoms with Gasteiger partial charge in [0.25, 0.3) is 0 Å². The zero-order valence-corrected chi connectivity index (χ0v) is 20.7. The van der Waals surface area contributed by atoms with Gasteiger partial charge < -0.3 is 9.64 Å². The Balaban J connectivity index is 1.34. The number of carbonyl (C=O) groups is 2. The summed E-state index contributed by atoms with van der Waals surface area (Å²) in [5, 5.41) is 0. The molecule has 1 amide bonds. The fourth-order valence-corrected chi connectivity index (χ4v) is 9.22. The monoisotopic (exact) mass is 441 g/mol. The zero-order chi connectivity index (χ0) is 22.7. The molecule has 3 saturated carbocycles. The van der Waals surface area contributed by atoms with Gasteiger partial charge in [0.2, 0.25) is 5.91 Å². The maximum atomic E-state index is 13.3. The van der Waals surface area contributed by atoms with Crippen molar-refractivity contribution >= 4 is 11.9 Å². The summed E-state index contributed by atoms with van der Waals surface area (Å²) < 4.78 is 5.60. The topological polar surface area (TPSA) is 46.6 Å². The van der Waals surface area contributed by atoms with E-state index < -0.39 is 0 Å². The molecule has 0 N–H and O–H groups in total. The first-order valence-electron chi connectivity index (χ1n) is 13.4. The standard InChI is InChI=1S/C28H43NO3/c1-18(26(31)29-15-5-6-16-29)23-9-10-24-22-8-7-20-17-21(32-19(2)30)11-13-27(20,3)25(22)12-14-28(23,24)4/h7,18,21-25H,5-6,8-17H2,1-4H3/t18?,21-,22-,23+,24-,25-,27-,28+/m0/s1. The van der Waals surface area contributed by atoms with Gasteiger partial charge in [0.1, 0.15) is 6.10 Å². The number of ether oxygens (including phenoxy) is 1. The number of hydrogen-bond donors (Lipinski definition) is 0. The van der Waals surface area contributed by atoms with Gasteiger partial charge in [-0.2, -0.15) is 0 Å². The molecule has 178 valence electrons. The molecule has 0 bridgehead atoms. The summed E-state index contributed by atoms with van der Waals surface area (Å²) in [4.78, 5) is 26.9. The van der Waals surface area contributed by atoms with E-state index in [2.05, 4.69) is 31.7 Å². The normalized spacial score (nSPS) is 44.2. The smallest absolute Gasteiger partial charge is 0.302 e. The van der Waals surface area contributed by atoms with Gasteiger partial charge in [-0.15, -0.1) is 0 Å². The van der Waals surface area contributed by atoms with Crippen LogP contribution in [0.5, 0.6) is 0 Å². The molecule has 0 spiro atoms. The fourth-order valence-electron chi connectivity index (χ4n) is 9.22. The molecule has 5 rings (SSSR count). The first-order valence-corrected chi connectivity index (χ1v) is 13.4. The lowest BCUT2D eigenvalue weighted by Crippen LogP contribution is -2.51. The highest BCUT2D eigenvalue weighted by Crippen LogP contribution is 2.67. The SMILES string of the molecule is CC(=O)O[C@H]1CC[C@@]2(C)C(=CC[C@H]3[C@@H]4CC[C@H](C(C)C(=O)N5CCCC5)[C@@]4(C)CC[C@@H]32)C1. The molecule has 1 unspecified atom stereocenters. The number of amides is 1. The van der Waals surface area contributed by atoms with E-state index in [9.17, 15) is 9.59 Å². The van der Waals surface area contributed by atoms with Crippen LogP contribution in [0.15, 0.2) is 11.6 Å². The number of esters is 1. The Morgan fingerprint density at radius 1 is 1.06 bits per heavy atom. The van der Waals surface area contributed by atoms with E-state index in [-0.39, 0.29) is 23.4 Å². The summed E-state index contributed by atoms with van der Waals surface area (Å²) in [5.41, 5.74) is 2.15. The predicted molar refractivity (Wildman–Crippen MR) is 126 cm³/mol. The van der Waals surface area contributed by atoms with Gasteiger partial charge in [0.05, 0.1) is 0 Å². The first-order chi connectivity index (χ1) is 15.2. The molecule has 0 radical (unpaired) electrons. The van der Waals surface area contributed by atoms with Crippen molar-refractivity contribution in [2.24, 2.45) is 40.4 Å². The van der Waals surface area contributed by atoms with E-state index >= 15 is 0 Å². The van der Waals surface area contributed by atoms with Crippen LogP contribution in [0.2, 0.25) is 0 Å². The van der Waals surface area contributed by atoms with Crippen LogP contribution in [0.1, 0.15) is 91.9 Å². The molecular weight excluding hydrogens is 398 g/mol. The van der Waals surface area contributed by atoms with Crippen molar-refractivity contribution in [2.75, 3.05) is 13.1 Å². The molecule has 0 aromatic carbocycles. The van der Waals surface area contributed by atoms with E-state index in [4.69, 9.17) is 4.74 Å². The Morgan fingerprint density at radius 3 is 2.53 bits per heavy atom. The lowest BCUT2D eigenvalue weighted by atomic mass is 9.47. The Labute approximate surface area is 194 Å². The number of carbonyl (C=O) groups excluding carboxylic acids is 2. The van der Waals surface area contributed by atoms with Crippen LogP contribution in [-0.2, 0) is 14.3 Å². The molecule has 8 atom stereocenters. The summed E-state index contributed by atoms with van der Waals surface area (Å²) in [6, 6.07) is 0. The summed E-state index contributed by atoms with van der Waals surface area (Å²) in [6.07, 6.45) is 14.3. The molecule has 4 heteroatoms. The second kappa shape index (κ2) is 8.17. The van der Waals surface area contributed by atoms with Gasteiger partial charge in [-0.1, -0.05) is 32.4 Å². The number of likely N-dealkylation sites (tertiary alicyclic amines) is 1. The molecule has 0 aromatic heterocycles. The van der Waals surface area contributed by atoms with Gasteiger partial charge in [0.15, 0.2) is 0 Å². The van der Waals surface area contributed by atoms with Crippen LogP contribution >= 0.6 is 0 Å². The average molecular weight is 442 g/mol. The van der Waals surface area contributed by atoms with Crippen molar-refractivity contribution in [1.82, 2.24) is 4.90 Å². The lowest BCUT2D eigenvalue weighted by Gasteiger charge is -2.58. The second-order valence-corrected chi connectivity index (χ2v) is 12.3. The minimum atomic E-state index is -0.143. The number of allylic oxidation sites excluding steroid dienone is 1. The van der Waals surface area contributed by atoms with Crippen molar-refractivity contribution in [3.05, 3.63) is 11.6 Å². The largest absolute Gasteiger partial charge is 0.462 e. The maximum absolute atomic E-state index is 13.3. The predicted octanol–water partition coefficient (Wildman–Crippen LogP) is 5.76. The van der Waals surface area contributed by atoms with Crippen LogP contribution in [0.3, 0.4) is 0 Å². The van der Waals surface area contributed by atoms with Crippen molar-refractivity contribution in [2.45, 2.75) is 98.0 Å². The zero-order valence-electron chi connectivity index (χ0n) is 20.7. The van der Waals surface area contributed by atoms with Gasteiger partial charge in [-0.05, 0) is 92.3 Å². The van der Waals surface area contributed by atoms with Crippen LogP contribution in [-0.4, -0.2) is 36.0 Å². The van der Waals surface area contributed by atoms with Gasteiger partial charge in [0, 0.05) is 32.4 Å². The molecule has 5 aliphatic rings. The molecule has 1 heterocycles. The van der Waals surface area contributed by atoms with Crippen molar-refractivity contribution in [1.29, 1.82) is 0 Å². The van der Waals surface area contributed by atoms with Crippen molar-refractivity contribution in [3.8, 4) is 0 Å². The van der Waals surface area contributed by atoms with Gasteiger partial charge in [-0.3, -0.25) is 9.59 Å². The number of rotatable bonds is 3. The minimum absolute atomic E-state index is 0.0746. The molecular formula is C28H43NO3. The van der Waals surface area contributed by atoms with Gasteiger partial charge >= 0.3 is 5.97 Å². The molecule has 4 nitrogen and oxygen atoms in total. The van der Waals surface area contributed by atoms with Crippen LogP contribution in [0, 0.1) is 40.4 Å². The van der Waals surface area contributed by atoms with Crippen LogP contribution in [0.25, 0.3) is 0 Å². The van der Waals surface area contributed by atoms with E-state index in [0.29, 0.717) is 17.2 Å². The Hall–Kier alpha value is -1.32. The third kappa shape index (κ3) is 3.46. The van der Waals surface area contributed by atoms with Crippen LogP contribution < -0.4 is 0 Å². The quantitative estimate of drug-likeness (QED) is 0.413. The molecule has 1 saturated heterocycles.